The van der Waals surface area contributed by atoms with Gasteiger partial charge in [0.25, 0.3) is 0 Å². The third kappa shape index (κ3) is 5.49. The Morgan fingerprint density at radius 3 is 2.29 bits per heavy atom. The van der Waals surface area contributed by atoms with Crippen molar-refractivity contribution in [2.24, 2.45) is 23.5 Å². The lowest BCUT2D eigenvalue weighted by Gasteiger charge is -2.43. The molecule has 0 spiro atoms. The Kier molecular flexibility index (Phi) is 7.90. The van der Waals surface area contributed by atoms with Crippen LogP contribution >= 0.6 is 0 Å². The van der Waals surface area contributed by atoms with E-state index in [0.717, 1.165) is 13.0 Å². The number of amides is 2. The van der Waals surface area contributed by atoms with Crippen LogP contribution in [0.25, 0.3) is 0 Å². The van der Waals surface area contributed by atoms with Gasteiger partial charge in [-0.2, -0.15) is 0 Å². The zero-order valence-electron chi connectivity index (χ0n) is 18.1. The molecule has 3 unspecified atom stereocenters. The number of primary amides is 1. The lowest BCUT2D eigenvalue weighted by Crippen LogP contribution is -2.56. The molecule has 0 radical (unpaired) electrons. The molecule has 1 saturated heterocycles. The van der Waals surface area contributed by atoms with Crippen LogP contribution in [0.1, 0.15) is 52.5 Å². The van der Waals surface area contributed by atoms with Gasteiger partial charge in [0.05, 0.1) is 0 Å². The summed E-state index contributed by atoms with van der Waals surface area (Å²) in [7, 11) is 0. The number of hydrogen-bond donors (Lipinski definition) is 1. The highest BCUT2D eigenvalue weighted by Gasteiger charge is 2.37. The molecule has 0 saturated carbocycles. The number of rotatable bonds is 8. The highest BCUT2D eigenvalue weighted by molar-refractivity contribution is 5.87. The van der Waals surface area contributed by atoms with Crippen LogP contribution in [0, 0.1) is 24.7 Å². The van der Waals surface area contributed by atoms with Gasteiger partial charge < -0.3 is 15.5 Å². The summed E-state index contributed by atoms with van der Waals surface area (Å²) in [5.74, 6) is -0.576. The molecule has 1 aliphatic heterocycles. The summed E-state index contributed by atoms with van der Waals surface area (Å²) in [4.78, 5) is 29.8. The number of hydrogen-bond acceptors (Lipinski definition) is 3. The fraction of sp³-hybridized carbons (Fsp3) is 0.652. The molecule has 5 heteroatoms. The molecule has 0 bridgehead atoms. The molecule has 1 heterocycles. The van der Waals surface area contributed by atoms with E-state index in [1.54, 1.807) is 0 Å². The monoisotopic (exact) mass is 387 g/mol. The van der Waals surface area contributed by atoms with E-state index < -0.39 is 0 Å². The third-order valence-electron chi connectivity index (χ3n) is 5.80. The molecule has 0 aliphatic carbocycles. The van der Waals surface area contributed by atoms with Crippen molar-refractivity contribution < 1.29 is 9.59 Å². The van der Waals surface area contributed by atoms with Gasteiger partial charge in [-0.3, -0.25) is 9.59 Å². The maximum absolute atomic E-state index is 13.4. The number of carbonyl (C=O) groups is 2. The van der Waals surface area contributed by atoms with Crippen molar-refractivity contribution in [1.29, 1.82) is 0 Å². The van der Waals surface area contributed by atoms with Gasteiger partial charge in [0.15, 0.2) is 0 Å². The molecule has 1 aromatic rings. The van der Waals surface area contributed by atoms with E-state index in [1.165, 1.54) is 11.3 Å². The van der Waals surface area contributed by atoms with Gasteiger partial charge in [0.1, 0.15) is 0 Å². The molecule has 0 aromatic heterocycles. The van der Waals surface area contributed by atoms with Crippen LogP contribution in [0.4, 0.5) is 5.69 Å². The number of piperazine rings is 1. The lowest BCUT2D eigenvalue weighted by molar-refractivity contribution is -0.142. The molecule has 1 aromatic carbocycles. The quantitative estimate of drug-likeness (QED) is 0.741. The molecule has 1 aliphatic rings. The van der Waals surface area contributed by atoms with E-state index in [9.17, 15) is 9.59 Å². The summed E-state index contributed by atoms with van der Waals surface area (Å²) in [5.41, 5.74) is 8.13. The van der Waals surface area contributed by atoms with Crippen molar-refractivity contribution in [2.45, 2.75) is 59.9 Å². The van der Waals surface area contributed by atoms with E-state index in [0.29, 0.717) is 31.8 Å². The van der Waals surface area contributed by atoms with Gasteiger partial charge >= 0.3 is 0 Å². The van der Waals surface area contributed by atoms with Crippen LogP contribution < -0.4 is 10.6 Å². The Morgan fingerprint density at radius 1 is 1.14 bits per heavy atom. The Bertz CT molecular complexity index is 656. The summed E-state index contributed by atoms with van der Waals surface area (Å²) in [6.07, 6.45) is 2.24. The third-order valence-corrected chi connectivity index (χ3v) is 5.80. The molecule has 2 N–H and O–H groups in total. The molecule has 3 atom stereocenters. The number of benzene rings is 1. The van der Waals surface area contributed by atoms with Crippen molar-refractivity contribution >= 4 is 17.5 Å². The molecule has 2 amide bonds. The Morgan fingerprint density at radius 2 is 1.79 bits per heavy atom. The Balaban J connectivity index is 2.13. The highest BCUT2D eigenvalue weighted by Crippen LogP contribution is 2.29. The molecule has 1 fully saturated rings. The number of aryl methyl sites for hydroxylation is 1. The maximum atomic E-state index is 13.4. The summed E-state index contributed by atoms with van der Waals surface area (Å²) in [6, 6.07) is 8.78. The zero-order chi connectivity index (χ0) is 20.8. The second-order valence-corrected chi connectivity index (χ2v) is 8.70. The number of nitrogens with two attached hydrogens (primary N) is 1. The fourth-order valence-corrected chi connectivity index (χ4v) is 4.31. The first kappa shape index (κ1) is 22.3. The summed E-state index contributed by atoms with van der Waals surface area (Å²) < 4.78 is 0. The SMILES string of the molecule is CCCC(C(N)=O)C(CC(C)C)C(=O)N1CCN(c2ccc(C)cc2)C(C)C1. The minimum absolute atomic E-state index is 0.0985. The number of carbonyl (C=O) groups excluding carboxylic acids is 2. The van der Waals surface area contributed by atoms with Crippen LogP contribution in [0.5, 0.6) is 0 Å². The first-order valence-corrected chi connectivity index (χ1v) is 10.7. The van der Waals surface area contributed by atoms with E-state index in [4.69, 9.17) is 5.73 Å². The molecule has 5 nitrogen and oxygen atoms in total. The van der Waals surface area contributed by atoms with Crippen molar-refractivity contribution in [3.05, 3.63) is 29.8 Å². The van der Waals surface area contributed by atoms with Crippen LogP contribution in [0.15, 0.2) is 24.3 Å². The first-order chi connectivity index (χ1) is 13.2. The van der Waals surface area contributed by atoms with E-state index in [2.05, 4.69) is 56.9 Å². The van der Waals surface area contributed by atoms with Crippen molar-refractivity contribution in [2.75, 3.05) is 24.5 Å². The molecular formula is C23H37N3O2. The van der Waals surface area contributed by atoms with Crippen LogP contribution in [0.3, 0.4) is 0 Å². The van der Waals surface area contributed by atoms with Crippen LogP contribution in [-0.4, -0.2) is 42.4 Å². The average Bonchev–Trinajstić information content (AvgIpc) is 2.64. The number of nitrogens with zero attached hydrogens (tertiary/aromatic N) is 2. The topological polar surface area (TPSA) is 66.6 Å². The normalized spacial score (nSPS) is 19.6. The first-order valence-electron chi connectivity index (χ1n) is 10.7. The van der Waals surface area contributed by atoms with Gasteiger partial charge in [0.2, 0.25) is 11.8 Å². The van der Waals surface area contributed by atoms with E-state index in [1.807, 2.05) is 11.8 Å². The van der Waals surface area contributed by atoms with Gasteiger partial charge in [-0.25, -0.2) is 0 Å². The number of anilines is 1. The predicted octanol–water partition coefficient (Wildman–Crippen LogP) is 3.60. The Labute approximate surface area is 170 Å². The molecule has 2 rings (SSSR count). The predicted molar refractivity (Wildman–Crippen MR) is 115 cm³/mol. The minimum Gasteiger partial charge on any atom is -0.369 e. The highest BCUT2D eigenvalue weighted by atomic mass is 16.2. The van der Waals surface area contributed by atoms with Crippen molar-refractivity contribution in [3.8, 4) is 0 Å². The minimum atomic E-state index is -0.370. The maximum Gasteiger partial charge on any atom is 0.226 e. The van der Waals surface area contributed by atoms with Crippen LogP contribution in [0.2, 0.25) is 0 Å². The molecular weight excluding hydrogens is 350 g/mol. The molecule has 28 heavy (non-hydrogen) atoms. The summed E-state index contributed by atoms with van der Waals surface area (Å²) in [5, 5.41) is 0. The van der Waals surface area contributed by atoms with Crippen molar-refractivity contribution in [1.82, 2.24) is 4.90 Å². The average molecular weight is 388 g/mol. The summed E-state index contributed by atoms with van der Waals surface area (Å²) >= 11 is 0. The van der Waals surface area contributed by atoms with Gasteiger partial charge in [-0.15, -0.1) is 0 Å². The summed E-state index contributed by atoms with van der Waals surface area (Å²) in [6.45, 7) is 12.7. The van der Waals surface area contributed by atoms with E-state index in [-0.39, 0.29) is 29.7 Å². The fourth-order valence-electron chi connectivity index (χ4n) is 4.31. The van der Waals surface area contributed by atoms with Crippen molar-refractivity contribution in [3.63, 3.8) is 0 Å². The van der Waals surface area contributed by atoms with Gasteiger partial charge in [-0.05, 0) is 44.7 Å². The molecule has 156 valence electrons. The van der Waals surface area contributed by atoms with E-state index >= 15 is 0 Å². The van der Waals surface area contributed by atoms with Crippen LogP contribution in [-0.2, 0) is 9.59 Å². The smallest absolute Gasteiger partial charge is 0.226 e. The standard InChI is InChI=1S/C23H37N3O2/c1-6-7-20(22(24)27)21(14-16(2)3)23(28)25-12-13-26(18(5)15-25)19-10-8-17(4)9-11-19/h8-11,16,18,20-21H,6-7,12-15H2,1-5H3,(H2,24,27). The van der Waals surface area contributed by atoms with Gasteiger partial charge in [0, 0.05) is 43.2 Å². The lowest BCUT2D eigenvalue weighted by atomic mass is 9.81. The van der Waals surface area contributed by atoms with Gasteiger partial charge in [-0.1, -0.05) is 44.9 Å². The largest absolute Gasteiger partial charge is 0.369 e. The second-order valence-electron chi connectivity index (χ2n) is 8.70. The zero-order valence-corrected chi connectivity index (χ0v) is 18.1. The second kappa shape index (κ2) is 9.94. The Hall–Kier alpha value is -2.04.